The Kier molecular flexibility index (Phi) is 3.39. The number of aromatic amines is 1. The Bertz CT molecular complexity index is 495. The highest BCUT2D eigenvalue weighted by Gasteiger charge is 2.12. The molecule has 0 saturated heterocycles. The molecule has 0 saturated carbocycles. The van der Waals surface area contributed by atoms with Crippen molar-refractivity contribution in [1.29, 1.82) is 0 Å². The van der Waals surface area contributed by atoms with Gasteiger partial charge in [0.1, 0.15) is 5.82 Å². The molecule has 2 aromatic heterocycles. The first-order valence-corrected chi connectivity index (χ1v) is 5.28. The molecule has 2 heterocycles. The van der Waals surface area contributed by atoms with Crippen molar-refractivity contribution in [2.75, 3.05) is 5.32 Å². The summed E-state index contributed by atoms with van der Waals surface area (Å²) in [5.74, 6) is 0.791. The van der Waals surface area contributed by atoms with Gasteiger partial charge in [-0.2, -0.15) is 0 Å². The summed E-state index contributed by atoms with van der Waals surface area (Å²) in [4.78, 5) is 23.5. The molecule has 2 aromatic rings. The maximum Gasteiger partial charge on any atom is 0.296 e. The van der Waals surface area contributed by atoms with Gasteiger partial charge in [0.05, 0.1) is 6.20 Å². The predicted molar refractivity (Wildman–Crippen MR) is 60.4 cm³/mol. The number of carbonyl (C=O) groups is 1. The van der Waals surface area contributed by atoms with E-state index in [0.717, 1.165) is 12.8 Å². The van der Waals surface area contributed by atoms with Crippen LogP contribution in [0.4, 0.5) is 5.82 Å². The van der Waals surface area contributed by atoms with Gasteiger partial charge in [0, 0.05) is 18.8 Å². The van der Waals surface area contributed by atoms with Gasteiger partial charge >= 0.3 is 0 Å². The first-order chi connectivity index (χ1) is 8.29. The van der Waals surface area contributed by atoms with Gasteiger partial charge in [0.25, 0.3) is 5.91 Å². The molecule has 2 N–H and O–H groups in total. The molecular formula is C10H12N6O. The summed E-state index contributed by atoms with van der Waals surface area (Å²) in [5.41, 5.74) is 0. The van der Waals surface area contributed by atoms with Gasteiger partial charge in [-0.25, -0.2) is 9.97 Å². The van der Waals surface area contributed by atoms with Crippen molar-refractivity contribution in [2.45, 2.75) is 19.8 Å². The van der Waals surface area contributed by atoms with Gasteiger partial charge in [-0.05, 0) is 6.42 Å². The summed E-state index contributed by atoms with van der Waals surface area (Å²) in [6.07, 6.45) is 6.20. The summed E-state index contributed by atoms with van der Waals surface area (Å²) in [6, 6.07) is 0. The third-order valence-corrected chi connectivity index (χ3v) is 2.03. The monoisotopic (exact) mass is 232 g/mol. The van der Waals surface area contributed by atoms with E-state index in [2.05, 4.69) is 30.5 Å². The molecule has 1 amide bonds. The zero-order valence-corrected chi connectivity index (χ0v) is 9.34. The zero-order valence-electron chi connectivity index (χ0n) is 9.34. The molecule has 0 aromatic carbocycles. The highest BCUT2D eigenvalue weighted by Crippen LogP contribution is 2.01. The number of rotatable bonds is 4. The normalized spacial score (nSPS) is 10.2. The highest BCUT2D eigenvalue weighted by molar-refractivity contribution is 6.00. The van der Waals surface area contributed by atoms with E-state index in [4.69, 9.17) is 0 Å². The minimum absolute atomic E-state index is 0.110. The van der Waals surface area contributed by atoms with Crippen molar-refractivity contribution in [3.8, 4) is 0 Å². The van der Waals surface area contributed by atoms with Gasteiger partial charge in [-0.3, -0.25) is 14.9 Å². The van der Waals surface area contributed by atoms with E-state index >= 15 is 0 Å². The van der Waals surface area contributed by atoms with Crippen LogP contribution in [0.3, 0.4) is 0 Å². The number of carbonyl (C=O) groups excluding carboxylic acids is 1. The molecule has 0 aliphatic heterocycles. The number of nitrogens with zero attached hydrogens (tertiary/aromatic N) is 4. The minimum atomic E-state index is -0.399. The second-order valence-corrected chi connectivity index (χ2v) is 3.40. The van der Waals surface area contributed by atoms with E-state index in [0.29, 0.717) is 11.6 Å². The summed E-state index contributed by atoms with van der Waals surface area (Å²) >= 11 is 0. The van der Waals surface area contributed by atoms with E-state index in [-0.39, 0.29) is 5.82 Å². The molecule has 0 aliphatic carbocycles. The van der Waals surface area contributed by atoms with Crippen LogP contribution in [0.5, 0.6) is 0 Å². The first-order valence-electron chi connectivity index (χ1n) is 5.28. The standard InChI is InChI=1S/C10H12N6O/c1-2-3-7-13-9(16-15-7)10(17)14-8-6-11-4-5-12-8/h4-6H,2-3H2,1H3,(H,12,14,17)(H,13,15,16). The number of hydrogen-bond donors (Lipinski definition) is 2. The average Bonchev–Trinajstić information content (AvgIpc) is 2.79. The smallest absolute Gasteiger partial charge is 0.296 e. The van der Waals surface area contributed by atoms with Crippen LogP contribution in [0.2, 0.25) is 0 Å². The number of H-pyrrole nitrogens is 1. The Labute approximate surface area is 97.7 Å². The Hall–Kier alpha value is -2.31. The minimum Gasteiger partial charge on any atom is -0.302 e. The van der Waals surface area contributed by atoms with Crippen LogP contribution in [0.25, 0.3) is 0 Å². The van der Waals surface area contributed by atoms with Crippen LogP contribution in [0.15, 0.2) is 18.6 Å². The molecule has 0 fully saturated rings. The summed E-state index contributed by atoms with van der Waals surface area (Å²) in [7, 11) is 0. The van der Waals surface area contributed by atoms with E-state index in [1.54, 1.807) is 0 Å². The summed E-state index contributed by atoms with van der Waals surface area (Å²) < 4.78 is 0. The highest BCUT2D eigenvalue weighted by atomic mass is 16.2. The lowest BCUT2D eigenvalue weighted by atomic mass is 10.3. The van der Waals surface area contributed by atoms with Crippen LogP contribution in [-0.4, -0.2) is 31.1 Å². The van der Waals surface area contributed by atoms with Crippen molar-refractivity contribution >= 4 is 11.7 Å². The molecule has 7 heteroatoms. The Morgan fingerprint density at radius 1 is 1.47 bits per heavy atom. The lowest BCUT2D eigenvalue weighted by Gasteiger charge is -1.98. The Morgan fingerprint density at radius 3 is 3.06 bits per heavy atom. The number of hydrogen-bond acceptors (Lipinski definition) is 5. The number of aryl methyl sites for hydroxylation is 1. The third-order valence-electron chi connectivity index (χ3n) is 2.03. The van der Waals surface area contributed by atoms with Crippen molar-refractivity contribution in [2.24, 2.45) is 0 Å². The van der Waals surface area contributed by atoms with Crippen LogP contribution >= 0.6 is 0 Å². The topological polar surface area (TPSA) is 96.5 Å². The zero-order chi connectivity index (χ0) is 12.1. The molecule has 0 spiro atoms. The van der Waals surface area contributed by atoms with Crippen LogP contribution < -0.4 is 5.32 Å². The van der Waals surface area contributed by atoms with Crippen molar-refractivity contribution in [1.82, 2.24) is 25.1 Å². The van der Waals surface area contributed by atoms with Gasteiger partial charge in [0.15, 0.2) is 5.82 Å². The number of anilines is 1. The fourth-order valence-corrected chi connectivity index (χ4v) is 1.28. The molecule has 0 radical (unpaired) electrons. The van der Waals surface area contributed by atoms with Crippen molar-refractivity contribution in [3.63, 3.8) is 0 Å². The average molecular weight is 232 g/mol. The molecule has 0 bridgehead atoms. The Balaban J connectivity index is 2.04. The van der Waals surface area contributed by atoms with Crippen LogP contribution in [-0.2, 0) is 6.42 Å². The predicted octanol–water partition coefficient (Wildman–Crippen LogP) is 0.799. The van der Waals surface area contributed by atoms with Crippen LogP contribution in [0, 0.1) is 0 Å². The lowest BCUT2D eigenvalue weighted by molar-refractivity contribution is 0.101. The maximum absolute atomic E-state index is 11.7. The molecule has 2 rings (SSSR count). The van der Waals surface area contributed by atoms with E-state index < -0.39 is 5.91 Å². The lowest BCUT2D eigenvalue weighted by Crippen LogP contribution is -2.14. The first kappa shape index (κ1) is 11.2. The van der Waals surface area contributed by atoms with Crippen molar-refractivity contribution in [3.05, 3.63) is 30.2 Å². The molecular weight excluding hydrogens is 220 g/mol. The fourth-order valence-electron chi connectivity index (χ4n) is 1.28. The maximum atomic E-state index is 11.7. The third kappa shape index (κ3) is 2.83. The number of nitrogens with one attached hydrogen (secondary N) is 2. The van der Waals surface area contributed by atoms with Crippen molar-refractivity contribution < 1.29 is 4.79 Å². The van der Waals surface area contributed by atoms with Gasteiger partial charge < -0.3 is 5.32 Å². The van der Waals surface area contributed by atoms with E-state index in [1.807, 2.05) is 6.92 Å². The quantitative estimate of drug-likeness (QED) is 0.812. The second kappa shape index (κ2) is 5.15. The molecule has 0 unspecified atom stereocenters. The van der Waals surface area contributed by atoms with Gasteiger partial charge in [-0.1, -0.05) is 6.92 Å². The van der Waals surface area contributed by atoms with Crippen LogP contribution in [0.1, 0.15) is 29.8 Å². The summed E-state index contributed by atoms with van der Waals surface area (Å²) in [6.45, 7) is 2.03. The van der Waals surface area contributed by atoms with E-state index in [9.17, 15) is 4.79 Å². The molecule has 0 atom stereocenters. The molecule has 88 valence electrons. The molecule has 0 aliphatic rings. The molecule has 7 nitrogen and oxygen atoms in total. The Morgan fingerprint density at radius 2 is 2.35 bits per heavy atom. The van der Waals surface area contributed by atoms with E-state index in [1.165, 1.54) is 18.6 Å². The SMILES string of the molecule is CCCc1nc(C(=O)Nc2cnccn2)n[nH]1. The van der Waals surface area contributed by atoms with Gasteiger partial charge in [0.2, 0.25) is 5.82 Å². The molecule has 17 heavy (non-hydrogen) atoms. The largest absolute Gasteiger partial charge is 0.302 e. The summed E-state index contributed by atoms with van der Waals surface area (Å²) in [5, 5.41) is 9.11. The second-order valence-electron chi connectivity index (χ2n) is 3.40. The number of amides is 1. The van der Waals surface area contributed by atoms with Gasteiger partial charge in [-0.15, -0.1) is 5.10 Å². The fraction of sp³-hybridized carbons (Fsp3) is 0.300. The number of aromatic nitrogens is 5.